The summed E-state index contributed by atoms with van der Waals surface area (Å²) < 4.78 is 0. The second-order valence-corrected chi connectivity index (χ2v) is 8.17. The van der Waals surface area contributed by atoms with Crippen molar-refractivity contribution in [3.63, 3.8) is 0 Å². The number of piperidine rings is 1. The van der Waals surface area contributed by atoms with Crippen LogP contribution in [0.5, 0.6) is 0 Å². The fraction of sp³-hybridized carbons (Fsp3) is 0.867. The summed E-state index contributed by atoms with van der Waals surface area (Å²) in [5.41, 5.74) is -0.0430. The normalized spacial score (nSPS) is 25.5. The molecule has 0 spiro atoms. The predicted octanol–water partition coefficient (Wildman–Crippen LogP) is 1.61. The number of thioether (sulfide) groups is 1. The van der Waals surface area contributed by atoms with E-state index in [9.17, 15) is 9.59 Å². The first-order valence-electron chi connectivity index (χ1n) is 7.75. The lowest BCUT2D eigenvalue weighted by Gasteiger charge is -2.29. The van der Waals surface area contributed by atoms with Gasteiger partial charge in [0, 0.05) is 24.8 Å². The number of nitrogens with zero attached hydrogens (tertiary/aromatic N) is 1. The third-order valence-electron chi connectivity index (χ3n) is 3.83. The summed E-state index contributed by atoms with van der Waals surface area (Å²) in [5.74, 6) is 1.45. The van der Waals surface area contributed by atoms with Crippen molar-refractivity contribution in [3.8, 4) is 0 Å². The zero-order valence-corrected chi connectivity index (χ0v) is 15.3. The molecule has 2 rings (SSSR count). The molecule has 2 unspecified atom stereocenters. The first-order valence-corrected chi connectivity index (χ1v) is 8.90. The summed E-state index contributed by atoms with van der Waals surface area (Å²) in [6.07, 6.45) is 2.61. The van der Waals surface area contributed by atoms with Crippen LogP contribution in [0, 0.1) is 5.41 Å². The average molecular weight is 350 g/mol. The molecule has 0 saturated carbocycles. The fourth-order valence-electron chi connectivity index (χ4n) is 2.73. The molecule has 0 aromatic rings. The molecule has 2 N–H and O–H groups in total. The van der Waals surface area contributed by atoms with Crippen LogP contribution in [0.4, 0.5) is 0 Å². The van der Waals surface area contributed by atoms with E-state index < -0.39 is 0 Å². The Morgan fingerprint density at radius 1 is 1.36 bits per heavy atom. The van der Waals surface area contributed by atoms with Gasteiger partial charge in [0.25, 0.3) is 0 Å². The fourth-order valence-corrected chi connectivity index (χ4v) is 3.91. The van der Waals surface area contributed by atoms with E-state index in [4.69, 9.17) is 0 Å². The third kappa shape index (κ3) is 5.63. The molecular formula is C15H28ClN3O2S. The Bertz CT molecular complexity index is 395. The van der Waals surface area contributed by atoms with Crippen LogP contribution in [0.2, 0.25) is 0 Å². The zero-order chi connectivity index (χ0) is 15.5. The van der Waals surface area contributed by atoms with Crippen molar-refractivity contribution in [1.29, 1.82) is 0 Å². The van der Waals surface area contributed by atoms with E-state index in [1.165, 1.54) is 0 Å². The summed E-state index contributed by atoms with van der Waals surface area (Å²) in [6, 6.07) is -0.0943. The standard InChI is InChI=1S/C15H27N3O2S.ClH/c1-15(2,3)7-13(19)18-10-21-9-12(18)14(20)17-11-5-4-6-16-8-11;/h11-12,16H,4-10H2,1-3H3,(H,17,20);1H. The van der Waals surface area contributed by atoms with Crippen molar-refractivity contribution in [2.45, 2.75) is 52.1 Å². The molecule has 5 nitrogen and oxygen atoms in total. The van der Waals surface area contributed by atoms with Gasteiger partial charge < -0.3 is 15.5 Å². The van der Waals surface area contributed by atoms with Crippen molar-refractivity contribution < 1.29 is 9.59 Å². The van der Waals surface area contributed by atoms with Gasteiger partial charge in [-0.3, -0.25) is 9.59 Å². The number of halogens is 1. The van der Waals surface area contributed by atoms with Gasteiger partial charge in [-0.25, -0.2) is 0 Å². The van der Waals surface area contributed by atoms with Gasteiger partial charge >= 0.3 is 0 Å². The molecule has 0 radical (unpaired) electrons. The molecule has 2 saturated heterocycles. The van der Waals surface area contributed by atoms with Crippen LogP contribution < -0.4 is 10.6 Å². The highest BCUT2D eigenvalue weighted by Crippen LogP contribution is 2.26. The molecule has 0 bridgehead atoms. The molecular weight excluding hydrogens is 322 g/mol. The van der Waals surface area contributed by atoms with Gasteiger partial charge in [-0.15, -0.1) is 24.2 Å². The minimum atomic E-state index is -0.299. The third-order valence-corrected chi connectivity index (χ3v) is 4.84. The molecule has 2 atom stereocenters. The van der Waals surface area contributed by atoms with Crippen molar-refractivity contribution in [2.24, 2.45) is 5.41 Å². The topological polar surface area (TPSA) is 61.4 Å². The quantitative estimate of drug-likeness (QED) is 0.812. The Kier molecular flexibility index (Phi) is 7.49. The highest BCUT2D eigenvalue weighted by Gasteiger charge is 2.36. The van der Waals surface area contributed by atoms with E-state index in [-0.39, 0.29) is 41.7 Å². The summed E-state index contributed by atoms with van der Waals surface area (Å²) in [7, 11) is 0. The molecule has 2 amide bonds. The highest BCUT2D eigenvalue weighted by atomic mass is 35.5. The monoisotopic (exact) mass is 349 g/mol. The number of amides is 2. The number of carbonyl (C=O) groups is 2. The van der Waals surface area contributed by atoms with Gasteiger partial charge in [-0.05, 0) is 24.8 Å². The van der Waals surface area contributed by atoms with E-state index in [1.807, 2.05) is 0 Å². The maximum Gasteiger partial charge on any atom is 0.243 e. The van der Waals surface area contributed by atoms with E-state index in [0.29, 0.717) is 18.1 Å². The van der Waals surface area contributed by atoms with Gasteiger partial charge in [-0.2, -0.15) is 0 Å². The molecule has 7 heteroatoms. The predicted molar refractivity (Wildman–Crippen MR) is 93.3 cm³/mol. The molecule has 0 aromatic heterocycles. The molecule has 128 valence electrons. The van der Waals surface area contributed by atoms with Crippen LogP contribution in [0.15, 0.2) is 0 Å². The minimum Gasteiger partial charge on any atom is -0.350 e. The number of hydrogen-bond donors (Lipinski definition) is 2. The molecule has 22 heavy (non-hydrogen) atoms. The van der Waals surface area contributed by atoms with E-state index >= 15 is 0 Å². The molecule has 2 fully saturated rings. The largest absolute Gasteiger partial charge is 0.350 e. The van der Waals surface area contributed by atoms with Crippen LogP contribution in [-0.2, 0) is 9.59 Å². The second-order valence-electron chi connectivity index (χ2n) is 7.17. The van der Waals surface area contributed by atoms with Gasteiger partial charge in [0.2, 0.25) is 11.8 Å². The SMILES string of the molecule is CC(C)(C)CC(=O)N1CSCC1C(=O)NC1CCCNC1.Cl. The first kappa shape index (κ1) is 19.6. The summed E-state index contributed by atoms with van der Waals surface area (Å²) >= 11 is 1.66. The molecule has 2 aliphatic rings. The summed E-state index contributed by atoms with van der Waals surface area (Å²) in [5, 5.41) is 6.40. The zero-order valence-electron chi connectivity index (χ0n) is 13.7. The number of hydrogen-bond acceptors (Lipinski definition) is 4. The van der Waals surface area contributed by atoms with Crippen LogP contribution in [0.1, 0.15) is 40.0 Å². The lowest BCUT2D eigenvalue weighted by molar-refractivity contribution is -0.139. The molecule has 2 heterocycles. The Morgan fingerprint density at radius 3 is 2.68 bits per heavy atom. The molecule has 0 aliphatic carbocycles. The Morgan fingerprint density at radius 2 is 2.09 bits per heavy atom. The lowest BCUT2D eigenvalue weighted by atomic mass is 9.91. The van der Waals surface area contributed by atoms with Crippen molar-refractivity contribution in [2.75, 3.05) is 24.7 Å². The second kappa shape index (κ2) is 8.41. The van der Waals surface area contributed by atoms with Crippen molar-refractivity contribution in [3.05, 3.63) is 0 Å². The summed E-state index contributed by atoms with van der Waals surface area (Å²) in [6.45, 7) is 8.02. The van der Waals surface area contributed by atoms with Crippen LogP contribution in [0.25, 0.3) is 0 Å². The Labute approximate surface area is 143 Å². The minimum absolute atomic E-state index is 0. The highest BCUT2D eigenvalue weighted by molar-refractivity contribution is 7.99. The number of nitrogens with one attached hydrogen (secondary N) is 2. The Hall–Kier alpha value is -0.460. The van der Waals surface area contributed by atoms with Crippen molar-refractivity contribution in [1.82, 2.24) is 15.5 Å². The smallest absolute Gasteiger partial charge is 0.243 e. The molecule has 0 aromatic carbocycles. The van der Waals surface area contributed by atoms with Crippen LogP contribution >= 0.6 is 24.2 Å². The Balaban J connectivity index is 0.00000242. The number of rotatable bonds is 3. The van der Waals surface area contributed by atoms with Gasteiger partial charge in [0.1, 0.15) is 6.04 Å². The van der Waals surface area contributed by atoms with Crippen LogP contribution in [0.3, 0.4) is 0 Å². The molecule has 2 aliphatic heterocycles. The summed E-state index contributed by atoms with van der Waals surface area (Å²) in [4.78, 5) is 26.6. The van der Waals surface area contributed by atoms with Gasteiger partial charge in [0.15, 0.2) is 0 Å². The average Bonchev–Trinajstić information content (AvgIpc) is 2.87. The van der Waals surface area contributed by atoms with Gasteiger partial charge in [-0.1, -0.05) is 20.8 Å². The maximum absolute atomic E-state index is 12.4. The lowest BCUT2D eigenvalue weighted by Crippen LogP contribution is -2.53. The van der Waals surface area contributed by atoms with Gasteiger partial charge in [0.05, 0.1) is 5.88 Å². The first-order chi connectivity index (χ1) is 9.87. The van der Waals surface area contributed by atoms with E-state index in [2.05, 4.69) is 31.4 Å². The van der Waals surface area contributed by atoms with E-state index in [1.54, 1.807) is 16.7 Å². The van der Waals surface area contributed by atoms with Crippen LogP contribution in [-0.4, -0.2) is 53.5 Å². The maximum atomic E-state index is 12.4. The van der Waals surface area contributed by atoms with E-state index in [0.717, 1.165) is 25.9 Å². The number of carbonyl (C=O) groups excluding carboxylic acids is 2. The van der Waals surface area contributed by atoms with Crippen molar-refractivity contribution >= 4 is 36.0 Å².